The summed E-state index contributed by atoms with van der Waals surface area (Å²) in [6, 6.07) is 4.53. The number of carbonyl (C=O) groups excluding carboxylic acids is 1. The molecule has 0 fully saturated rings. The Morgan fingerprint density at radius 2 is 2.22 bits per heavy atom. The molecule has 0 bridgehead atoms. The van der Waals surface area contributed by atoms with Gasteiger partial charge in [-0.1, -0.05) is 25.8 Å². The van der Waals surface area contributed by atoms with E-state index in [1.165, 1.54) is 11.3 Å². The van der Waals surface area contributed by atoms with E-state index in [0.717, 1.165) is 12.8 Å². The Balaban J connectivity index is 1.98. The van der Waals surface area contributed by atoms with Crippen molar-refractivity contribution in [2.75, 3.05) is 5.32 Å². The summed E-state index contributed by atoms with van der Waals surface area (Å²) in [4.78, 5) is 31.6. The number of nitrogens with zero attached hydrogens (tertiary/aromatic N) is 2. The number of rotatable bonds is 8. The average molecular weight is 334 g/mol. The molecule has 2 heterocycles. The highest BCUT2D eigenvalue weighted by molar-refractivity contribution is 7.14. The fraction of sp³-hybridized carbons (Fsp3) is 0.333. The van der Waals surface area contributed by atoms with Crippen molar-refractivity contribution in [2.24, 2.45) is 0 Å². The molecule has 2 aromatic heterocycles. The van der Waals surface area contributed by atoms with Crippen LogP contribution in [0.3, 0.4) is 0 Å². The van der Waals surface area contributed by atoms with Crippen molar-refractivity contribution < 1.29 is 14.7 Å². The van der Waals surface area contributed by atoms with Crippen LogP contribution in [0.4, 0.5) is 10.9 Å². The van der Waals surface area contributed by atoms with E-state index in [9.17, 15) is 9.59 Å². The molecule has 23 heavy (non-hydrogen) atoms. The van der Waals surface area contributed by atoms with Crippen LogP contribution < -0.4 is 10.6 Å². The third-order valence-corrected chi connectivity index (χ3v) is 3.84. The second kappa shape index (κ2) is 8.23. The standard InChI is InChI=1S/C15H18N4O3S/c1-2-3-6-10(14(21)22)17-13(20)11-9-23-15(18-11)19-12-7-4-5-8-16-12/h4-5,7-10H,2-3,6H2,1H3,(H,17,20)(H,21,22)(H,16,18,19). The summed E-state index contributed by atoms with van der Waals surface area (Å²) in [5, 5.41) is 16.7. The molecule has 2 rings (SSSR count). The maximum absolute atomic E-state index is 12.1. The van der Waals surface area contributed by atoms with E-state index in [2.05, 4.69) is 20.6 Å². The fourth-order valence-corrected chi connectivity index (χ4v) is 2.58. The van der Waals surface area contributed by atoms with Gasteiger partial charge in [0.15, 0.2) is 5.13 Å². The van der Waals surface area contributed by atoms with Gasteiger partial charge >= 0.3 is 5.97 Å². The van der Waals surface area contributed by atoms with E-state index in [4.69, 9.17) is 5.11 Å². The van der Waals surface area contributed by atoms with Crippen LogP contribution in [0.2, 0.25) is 0 Å². The number of aliphatic carboxylic acids is 1. The molecule has 0 saturated heterocycles. The largest absolute Gasteiger partial charge is 0.480 e. The molecule has 2 aromatic rings. The third kappa shape index (κ3) is 5.03. The Labute approximate surface area is 137 Å². The highest BCUT2D eigenvalue weighted by Crippen LogP contribution is 2.19. The van der Waals surface area contributed by atoms with Crippen molar-refractivity contribution in [1.82, 2.24) is 15.3 Å². The van der Waals surface area contributed by atoms with Crippen LogP contribution in [-0.2, 0) is 4.79 Å². The zero-order valence-electron chi connectivity index (χ0n) is 12.7. The predicted molar refractivity (Wildman–Crippen MR) is 88.0 cm³/mol. The minimum absolute atomic E-state index is 0.191. The van der Waals surface area contributed by atoms with E-state index >= 15 is 0 Å². The number of aromatic nitrogens is 2. The molecule has 0 spiro atoms. The molecule has 7 nitrogen and oxygen atoms in total. The van der Waals surface area contributed by atoms with E-state index in [0.29, 0.717) is 17.4 Å². The van der Waals surface area contributed by atoms with Gasteiger partial charge in [-0.3, -0.25) is 4.79 Å². The topological polar surface area (TPSA) is 104 Å². The minimum atomic E-state index is -1.03. The molecule has 0 aliphatic carbocycles. The first-order chi connectivity index (χ1) is 11.1. The predicted octanol–water partition coefficient (Wildman–Crippen LogP) is 2.65. The van der Waals surface area contributed by atoms with E-state index < -0.39 is 17.9 Å². The number of unbranched alkanes of at least 4 members (excludes halogenated alkanes) is 1. The molecule has 3 N–H and O–H groups in total. The van der Waals surface area contributed by atoms with Gasteiger partial charge in [0.05, 0.1) is 0 Å². The number of nitrogens with one attached hydrogen (secondary N) is 2. The summed E-state index contributed by atoms with van der Waals surface area (Å²) in [5.41, 5.74) is 0.191. The van der Waals surface area contributed by atoms with Crippen molar-refractivity contribution in [3.8, 4) is 0 Å². The number of amides is 1. The summed E-state index contributed by atoms with van der Waals surface area (Å²) < 4.78 is 0. The van der Waals surface area contributed by atoms with Crippen LogP contribution in [0.5, 0.6) is 0 Å². The molecule has 0 saturated carbocycles. The third-order valence-electron chi connectivity index (χ3n) is 3.09. The number of thiazole rings is 1. The van der Waals surface area contributed by atoms with Crippen LogP contribution in [0, 0.1) is 0 Å². The Kier molecular flexibility index (Phi) is 6.04. The Hall–Kier alpha value is -2.48. The SMILES string of the molecule is CCCCC(NC(=O)c1csc(Nc2ccccn2)n1)C(=O)O. The Bertz CT molecular complexity index is 660. The molecular formula is C15H18N4O3S. The highest BCUT2D eigenvalue weighted by Gasteiger charge is 2.21. The summed E-state index contributed by atoms with van der Waals surface area (Å²) in [5.74, 6) is -0.896. The summed E-state index contributed by atoms with van der Waals surface area (Å²) in [6.45, 7) is 1.97. The fourth-order valence-electron chi connectivity index (χ4n) is 1.88. The molecule has 122 valence electrons. The number of carboxylic acid groups (broad SMARTS) is 1. The first kappa shape index (κ1) is 16.9. The Morgan fingerprint density at radius 3 is 2.87 bits per heavy atom. The Morgan fingerprint density at radius 1 is 1.39 bits per heavy atom. The highest BCUT2D eigenvalue weighted by atomic mass is 32.1. The van der Waals surface area contributed by atoms with Crippen molar-refractivity contribution >= 4 is 34.2 Å². The second-order valence-corrected chi connectivity index (χ2v) is 5.74. The van der Waals surface area contributed by atoms with Crippen LogP contribution in [-0.4, -0.2) is 33.0 Å². The van der Waals surface area contributed by atoms with Gasteiger partial charge in [0.25, 0.3) is 5.91 Å². The molecule has 0 radical (unpaired) electrons. The summed E-state index contributed by atoms with van der Waals surface area (Å²) >= 11 is 1.26. The smallest absolute Gasteiger partial charge is 0.326 e. The van der Waals surface area contributed by atoms with E-state index in [1.54, 1.807) is 23.7 Å². The number of anilines is 2. The lowest BCUT2D eigenvalue weighted by atomic mass is 10.1. The van der Waals surface area contributed by atoms with Gasteiger partial charge in [0.1, 0.15) is 17.6 Å². The van der Waals surface area contributed by atoms with Gasteiger partial charge in [-0.2, -0.15) is 0 Å². The molecule has 1 atom stereocenters. The molecule has 8 heteroatoms. The zero-order chi connectivity index (χ0) is 16.7. The van der Waals surface area contributed by atoms with Gasteiger partial charge in [-0.05, 0) is 18.6 Å². The zero-order valence-corrected chi connectivity index (χ0v) is 13.5. The van der Waals surface area contributed by atoms with Gasteiger partial charge in [-0.25, -0.2) is 14.8 Å². The van der Waals surface area contributed by atoms with Crippen LogP contribution >= 0.6 is 11.3 Å². The van der Waals surface area contributed by atoms with Gasteiger partial charge < -0.3 is 15.7 Å². The summed E-state index contributed by atoms with van der Waals surface area (Å²) in [6.07, 6.45) is 3.66. The first-order valence-electron chi connectivity index (χ1n) is 7.27. The lowest BCUT2D eigenvalue weighted by Gasteiger charge is -2.12. The molecule has 0 aromatic carbocycles. The molecule has 1 unspecified atom stereocenters. The number of carboxylic acids is 1. The van der Waals surface area contributed by atoms with Crippen molar-refractivity contribution in [2.45, 2.75) is 32.2 Å². The van der Waals surface area contributed by atoms with Crippen molar-refractivity contribution in [1.29, 1.82) is 0 Å². The van der Waals surface area contributed by atoms with Crippen LogP contribution in [0.15, 0.2) is 29.8 Å². The lowest BCUT2D eigenvalue weighted by Crippen LogP contribution is -2.40. The van der Waals surface area contributed by atoms with Crippen LogP contribution in [0.1, 0.15) is 36.7 Å². The molecule has 0 aliphatic heterocycles. The maximum Gasteiger partial charge on any atom is 0.326 e. The quantitative estimate of drug-likeness (QED) is 0.685. The number of carbonyl (C=O) groups is 2. The molecule has 1 amide bonds. The molecular weight excluding hydrogens is 316 g/mol. The lowest BCUT2D eigenvalue weighted by molar-refractivity contribution is -0.139. The number of pyridine rings is 1. The van der Waals surface area contributed by atoms with Gasteiger partial charge in [0, 0.05) is 11.6 Å². The monoisotopic (exact) mass is 334 g/mol. The minimum Gasteiger partial charge on any atom is -0.480 e. The van der Waals surface area contributed by atoms with Gasteiger partial charge in [0.2, 0.25) is 0 Å². The van der Waals surface area contributed by atoms with E-state index in [1.807, 2.05) is 13.0 Å². The first-order valence-corrected chi connectivity index (χ1v) is 8.15. The number of hydrogen-bond acceptors (Lipinski definition) is 6. The summed E-state index contributed by atoms with van der Waals surface area (Å²) in [7, 11) is 0. The van der Waals surface area contributed by atoms with Crippen molar-refractivity contribution in [3.05, 3.63) is 35.5 Å². The normalized spacial score (nSPS) is 11.7. The van der Waals surface area contributed by atoms with Crippen LogP contribution in [0.25, 0.3) is 0 Å². The second-order valence-electron chi connectivity index (χ2n) is 4.88. The maximum atomic E-state index is 12.1. The van der Waals surface area contributed by atoms with Crippen molar-refractivity contribution in [3.63, 3.8) is 0 Å². The average Bonchev–Trinajstić information content (AvgIpc) is 3.00. The van der Waals surface area contributed by atoms with Gasteiger partial charge in [-0.15, -0.1) is 11.3 Å². The number of hydrogen-bond donors (Lipinski definition) is 3. The van der Waals surface area contributed by atoms with E-state index in [-0.39, 0.29) is 5.69 Å². The molecule has 0 aliphatic rings.